The molecule has 7 heteroatoms. The molecule has 0 aliphatic heterocycles. The molecule has 0 spiro atoms. The molecule has 1 rings (SSSR count). The minimum atomic E-state index is -2.14. The third kappa shape index (κ3) is 3.89. The lowest BCUT2D eigenvalue weighted by Gasteiger charge is -2.11. The van der Waals surface area contributed by atoms with Crippen molar-refractivity contribution in [3.8, 4) is 5.75 Å². The maximum atomic E-state index is 11.2. The molecule has 0 fully saturated rings. The molecule has 0 amide bonds. The first-order chi connectivity index (χ1) is 6.80. The van der Waals surface area contributed by atoms with E-state index in [1.807, 2.05) is 0 Å². The molecule has 1 aromatic carbocycles. The van der Waals surface area contributed by atoms with Gasteiger partial charge in [0, 0.05) is 5.02 Å². The Morgan fingerprint density at radius 3 is 2.27 bits per heavy atom. The van der Waals surface area contributed by atoms with Crippen LogP contribution in [0, 0.1) is 0 Å². The van der Waals surface area contributed by atoms with Gasteiger partial charge in [0.25, 0.3) is 3.79 Å². The molecule has 0 aromatic heterocycles. The van der Waals surface area contributed by atoms with Gasteiger partial charge in [0.05, 0.1) is 5.02 Å². The highest BCUT2D eigenvalue weighted by molar-refractivity contribution is 6.75. The van der Waals surface area contributed by atoms with E-state index in [0.717, 1.165) is 0 Å². The number of halogens is 5. The third-order valence-corrected chi connectivity index (χ3v) is 2.32. The summed E-state index contributed by atoms with van der Waals surface area (Å²) in [6.45, 7) is 0. The molecule has 0 heterocycles. The van der Waals surface area contributed by atoms with Crippen LogP contribution in [0.2, 0.25) is 10.0 Å². The van der Waals surface area contributed by atoms with E-state index >= 15 is 0 Å². The Kier molecular flexibility index (Phi) is 4.38. The first-order valence-electron chi connectivity index (χ1n) is 3.55. The van der Waals surface area contributed by atoms with Crippen LogP contribution in [0.15, 0.2) is 18.2 Å². The summed E-state index contributed by atoms with van der Waals surface area (Å²) < 4.78 is 2.60. The average molecular weight is 308 g/mol. The van der Waals surface area contributed by atoms with Crippen molar-refractivity contribution in [2.45, 2.75) is 3.79 Å². The van der Waals surface area contributed by atoms with Gasteiger partial charge in [-0.3, -0.25) is 0 Å². The third-order valence-electron chi connectivity index (χ3n) is 1.33. The maximum absolute atomic E-state index is 11.2. The number of carbonyl (C=O) groups is 1. The van der Waals surface area contributed by atoms with Gasteiger partial charge in [-0.2, -0.15) is 0 Å². The fraction of sp³-hybridized carbons (Fsp3) is 0.125. The molecule has 82 valence electrons. The number of esters is 1. The van der Waals surface area contributed by atoms with Crippen molar-refractivity contribution in [2.75, 3.05) is 0 Å². The van der Waals surface area contributed by atoms with Gasteiger partial charge in [-0.1, -0.05) is 58.0 Å². The number of carbonyl (C=O) groups excluding carboxylic acids is 1. The number of alkyl halides is 3. The summed E-state index contributed by atoms with van der Waals surface area (Å²) in [4.78, 5) is 11.2. The van der Waals surface area contributed by atoms with Crippen LogP contribution in [0.5, 0.6) is 5.75 Å². The van der Waals surface area contributed by atoms with Crippen molar-refractivity contribution < 1.29 is 9.53 Å². The van der Waals surface area contributed by atoms with E-state index in [9.17, 15) is 4.79 Å². The zero-order valence-electron chi connectivity index (χ0n) is 6.94. The summed E-state index contributed by atoms with van der Waals surface area (Å²) in [7, 11) is 0. The van der Waals surface area contributed by atoms with Gasteiger partial charge >= 0.3 is 5.97 Å². The summed E-state index contributed by atoms with van der Waals surface area (Å²) >= 11 is 27.3. The molecule has 0 bridgehead atoms. The zero-order chi connectivity index (χ0) is 11.6. The molecule has 0 N–H and O–H groups in total. The summed E-state index contributed by atoms with van der Waals surface area (Å²) in [5, 5.41) is 0.568. The van der Waals surface area contributed by atoms with Gasteiger partial charge in [-0.25, -0.2) is 4.79 Å². The molecule has 0 saturated carbocycles. The number of hydrogen-bond donors (Lipinski definition) is 0. The van der Waals surface area contributed by atoms with E-state index in [1.165, 1.54) is 18.2 Å². The van der Waals surface area contributed by atoms with Crippen molar-refractivity contribution in [1.29, 1.82) is 0 Å². The molecule has 2 nitrogen and oxygen atoms in total. The van der Waals surface area contributed by atoms with E-state index < -0.39 is 9.76 Å². The van der Waals surface area contributed by atoms with E-state index in [0.29, 0.717) is 5.02 Å². The number of rotatable bonds is 1. The average Bonchev–Trinajstić information content (AvgIpc) is 2.08. The zero-order valence-corrected chi connectivity index (χ0v) is 10.7. The summed E-state index contributed by atoms with van der Waals surface area (Å²) in [6.07, 6.45) is 0. The van der Waals surface area contributed by atoms with Crippen LogP contribution in [0.4, 0.5) is 0 Å². The van der Waals surface area contributed by atoms with Crippen LogP contribution < -0.4 is 4.74 Å². The lowest BCUT2D eigenvalue weighted by atomic mass is 10.3. The van der Waals surface area contributed by atoms with Gasteiger partial charge in [0.1, 0.15) is 5.75 Å². The van der Waals surface area contributed by atoms with E-state index in [-0.39, 0.29) is 10.8 Å². The quantitative estimate of drug-likeness (QED) is 0.440. The van der Waals surface area contributed by atoms with Gasteiger partial charge in [-0.15, -0.1) is 0 Å². The second kappa shape index (κ2) is 4.98. The molecular weight excluding hydrogens is 305 g/mol. The van der Waals surface area contributed by atoms with Gasteiger partial charge in [0.2, 0.25) is 0 Å². The van der Waals surface area contributed by atoms with Gasteiger partial charge in [0.15, 0.2) is 0 Å². The number of hydrogen-bond acceptors (Lipinski definition) is 2. The number of benzene rings is 1. The molecule has 0 unspecified atom stereocenters. The van der Waals surface area contributed by atoms with Crippen LogP contribution in [-0.2, 0) is 4.79 Å². The van der Waals surface area contributed by atoms with Gasteiger partial charge in [-0.05, 0) is 18.2 Å². The van der Waals surface area contributed by atoms with Crippen molar-refractivity contribution in [1.82, 2.24) is 0 Å². The minimum absolute atomic E-state index is 0.0809. The van der Waals surface area contributed by atoms with Crippen LogP contribution in [0.1, 0.15) is 0 Å². The monoisotopic (exact) mass is 306 g/mol. The Balaban J connectivity index is 2.87. The Morgan fingerprint density at radius 2 is 1.80 bits per heavy atom. The Bertz CT molecular complexity index is 385. The maximum Gasteiger partial charge on any atom is 0.363 e. The lowest BCUT2D eigenvalue weighted by Crippen LogP contribution is -2.24. The second-order valence-corrected chi connectivity index (χ2v) is 5.59. The predicted octanol–water partition coefficient (Wildman–Crippen LogP) is 4.27. The normalized spacial score (nSPS) is 11.3. The number of ether oxygens (including phenoxy) is 1. The molecule has 1 aromatic rings. The van der Waals surface area contributed by atoms with Crippen molar-refractivity contribution >= 4 is 64.0 Å². The largest absolute Gasteiger partial charge is 0.422 e. The van der Waals surface area contributed by atoms with Crippen LogP contribution in [0.25, 0.3) is 0 Å². The highest BCUT2D eigenvalue weighted by atomic mass is 35.6. The highest BCUT2D eigenvalue weighted by Gasteiger charge is 2.33. The standard InChI is InChI=1S/C8H3Cl5O2/c9-4-1-2-6(5(10)3-4)15-7(14)8(11,12)13/h1-3H. The molecule has 0 radical (unpaired) electrons. The molecule has 15 heavy (non-hydrogen) atoms. The fourth-order valence-electron chi connectivity index (χ4n) is 0.716. The van der Waals surface area contributed by atoms with Crippen molar-refractivity contribution in [3.05, 3.63) is 28.2 Å². The first kappa shape index (κ1) is 13.2. The van der Waals surface area contributed by atoms with Crippen molar-refractivity contribution in [2.24, 2.45) is 0 Å². The molecular formula is C8H3Cl5O2. The van der Waals surface area contributed by atoms with Crippen LogP contribution >= 0.6 is 58.0 Å². The van der Waals surface area contributed by atoms with E-state index in [2.05, 4.69) is 0 Å². The Hall–Kier alpha value is 0.140. The Morgan fingerprint density at radius 1 is 1.20 bits per heavy atom. The Labute approximate surface area is 111 Å². The molecule has 0 atom stereocenters. The van der Waals surface area contributed by atoms with E-state index in [4.69, 9.17) is 62.7 Å². The summed E-state index contributed by atoms with van der Waals surface area (Å²) in [5.41, 5.74) is 0. The minimum Gasteiger partial charge on any atom is -0.422 e. The molecule has 0 saturated heterocycles. The van der Waals surface area contributed by atoms with Crippen LogP contribution in [-0.4, -0.2) is 9.76 Å². The molecule has 0 aliphatic carbocycles. The summed E-state index contributed by atoms with van der Waals surface area (Å²) in [6, 6.07) is 4.30. The fourth-order valence-corrected chi connectivity index (χ4v) is 1.28. The predicted molar refractivity (Wildman–Crippen MR) is 62.4 cm³/mol. The SMILES string of the molecule is O=C(Oc1ccc(Cl)cc1Cl)C(Cl)(Cl)Cl. The van der Waals surface area contributed by atoms with E-state index in [1.54, 1.807) is 0 Å². The second-order valence-electron chi connectivity index (χ2n) is 2.46. The highest BCUT2D eigenvalue weighted by Crippen LogP contribution is 2.32. The lowest BCUT2D eigenvalue weighted by molar-refractivity contribution is -0.133. The molecule has 0 aliphatic rings. The topological polar surface area (TPSA) is 26.3 Å². The van der Waals surface area contributed by atoms with Gasteiger partial charge < -0.3 is 4.74 Å². The first-order valence-corrected chi connectivity index (χ1v) is 5.44. The van der Waals surface area contributed by atoms with Crippen molar-refractivity contribution in [3.63, 3.8) is 0 Å². The smallest absolute Gasteiger partial charge is 0.363 e. The van der Waals surface area contributed by atoms with Crippen LogP contribution in [0.3, 0.4) is 0 Å². The summed E-state index contributed by atoms with van der Waals surface area (Å²) in [5.74, 6) is -0.950.